The molecule has 36 heavy (non-hydrogen) atoms. The number of hydrogen-bond donors (Lipinski definition) is 1. The van der Waals surface area contributed by atoms with Crippen molar-refractivity contribution in [2.24, 2.45) is 5.92 Å². The van der Waals surface area contributed by atoms with E-state index in [1.165, 1.54) is 0 Å². The van der Waals surface area contributed by atoms with Gasteiger partial charge in [0.15, 0.2) is 11.6 Å². The van der Waals surface area contributed by atoms with Crippen LogP contribution in [0.4, 0.5) is 13.2 Å². The van der Waals surface area contributed by atoms with Crippen molar-refractivity contribution in [1.29, 1.82) is 0 Å². The monoisotopic (exact) mass is 502 g/mol. The van der Waals surface area contributed by atoms with Crippen LogP contribution in [0.3, 0.4) is 0 Å². The molecule has 1 aromatic carbocycles. The number of rotatable bonds is 12. The van der Waals surface area contributed by atoms with Gasteiger partial charge in [-0.25, -0.2) is 13.2 Å². The van der Waals surface area contributed by atoms with Crippen LogP contribution in [0.15, 0.2) is 59.5 Å². The molecule has 4 atom stereocenters. The van der Waals surface area contributed by atoms with E-state index in [0.717, 1.165) is 49.7 Å². The Morgan fingerprint density at radius 3 is 2.58 bits per heavy atom. The summed E-state index contributed by atoms with van der Waals surface area (Å²) >= 11 is 0. The number of aliphatic hydroxyl groups excluding tert-OH is 1. The Hall–Kier alpha value is -2.11. The predicted molar refractivity (Wildman–Crippen MR) is 140 cm³/mol. The normalized spacial score (nSPS) is 22.2. The maximum Gasteiger partial charge on any atom is 0.162 e. The van der Waals surface area contributed by atoms with E-state index in [2.05, 4.69) is 13.0 Å². The van der Waals surface area contributed by atoms with Crippen LogP contribution in [0.2, 0.25) is 0 Å². The van der Waals surface area contributed by atoms with Crippen molar-refractivity contribution in [3.05, 3.63) is 82.2 Å². The molecule has 0 aromatic heterocycles. The summed E-state index contributed by atoms with van der Waals surface area (Å²) < 4.78 is 49.9. The zero-order valence-electron chi connectivity index (χ0n) is 21.9. The average Bonchev–Trinajstić information content (AvgIpc) is 2.86. The summed E-state index contributed by atoms with van der Waals surface area (Å²) in [7, 11) is 0. The highest BCUT2D eigenvalue weighted by Crippen LogP contribution is 2.34. The van der Waals surface area contributed by atoms with E-state index in [-0.39, 0.29) is 17.8 Å². The largest absolute Gasteiger partial charge is 0.389 e. The quantitative estimate of drug-likeness (QED) is 0.291. The standard InChI is InChI=1S/C31H41F3O2/c1-4-6-28(36-5-2)20-27(32)19-23-9-7-22(8-10-23)11-12-26-17-18-29(31(34)30(26)33)25-15-13-24(14-16-25)21(3)35/h9,13-15,17-18,20-22,25,28,35H,4-8,10-12,16,19H2,1-3H3/b27-20+. The van der Waals surface area contributed by atoms with Gasteiger partial charge in [0.2, 0.25) is 0 Å². The lowest BCUT2D eigenvalue weighted by Gasteiger charge is -2.23. The molecule has 2 aliphatic carbocycles. The molecule has 0 amide bonds. The molecule has 0 radical (unpaired) electrons. The summed E-state index contributed by atoms with van der Waals surface area (Å²) in [6.45, 7) is 6.26. The van der Waals surface area contributed by atoms with Gasteiger partial charge in [0.05, 0.1) is 12.2 Å². The molecule has 1 aromatic rings. The maximum atomic E-state index is 14.9. The minimum absolute atomic E-state index is 0.130. The van der Waals surface area contributed by atoms with Crippen molar-refractivity contribution >= 4 is 0 Å². The van der Waals surface area contributed by atoms with Gasteiger partial charge in [0.25, 0.3) is 0 Å². The van der Waals surface area contributed by atoms with Gasteiger partial charge in [-0.15, -0.1) is 0 Å². The van der Waals surface area contributed by atoms with Crippen LogP contribution in [0.25, 0.3) is 0 Å². The van der Waals surface area contributed by atoms with Gasteiger partial charge in [0, 0.05) is 18.9 Å². The fraction of sp³-hybridized carbons (Fsp3) is 0.548. The van der Waals surface area contributed by atoms with Gasteiger partial charge in [-0.3, -0.25) is 0 Å². The molecule has 4 unspecified atom stereocenters. The lowest BCUT2D eigenvalue weighted by molar-refractivity contribution is 0.0882. The molecular formula is C31H41F3O2. The van der Waals surface area contributed by atoms with E-state index in [4.69, 9.17) is 4.74 Å². The first kappa shape index (κ1) is 28.5. The van der Waals surface area contributed by atoms with E-state index >= 15 is 0 Å². The lowest BCUT2D eigenvalue weighted by atomic mass is 9.84. The zero-order chi connectivity index (χ0) is 26.1. The molecule has 5 heteroatoms. The predicted octanol–water partition coefficient (Wildman–Crippen LogP) is 8.42. The van der Waals surface area contributed by atoms with Crippen molar-refractivity contribution in [1.82, 2.24) is 0 Å². The van der Waals surface area contributed by atoms with Crippen LogP contribution in [-0.4, -0.2) is 23.9 Å². The summed E-state index contributed by atoms with van der Waals surface area (Å²) in [4.78, 5) is 0. The zero-order valence-corrected chi connectivity index (χ0v) is 21.9. The van der Waals surface area contributed by atoms with Crippen LogP contribution >= 0.6 is 0 Å². The molecule has 0 heterocycles. The molecule has 0 fully saturated rings. The summed E-state index contributed by atoms with van der Waals surface area (Å²) in [6, 6.07) is 3.41. The number of ether oxygens (including phenoxy) is 1. The Morgan fingerprint density at radius 2 is 1.97 bits per heavy atom. The molecule has 0 aliphatic heterocycles. The van der Waals surface area contributed by atoms with Crippen molar-refractivity contribution in [2.45, 2.75) is 96.7 Å². The van der Waals surface area contributed by atoms with E-state index in [1.807, 2.05) is 19.1 Å². The average molecular weight is 503 g/mol. The molecular weight excluding hydrogens is 461 g/mol. The first-order chi connectivity index (χ1) is 17.3. The van der Waals surface area contributed by atoms with Gasteiger partial charge in [-0.05, 0) is 87.5 Å². The summed E-state index contributed by atoms with van der Waals surface area (Å²) in [5, 5.41) is 9.67. The smallest absolute Gasteiger partial charge is 0.162 e. The van der Waals surface area contributed by atoms with Crippen molar-refractivity contribution in [2.75, 3.05) is 6.61 Å². The molecule has 0 saturated heterocycles. The molecule has 2 aliphatic rings. The topological polar surface area (TPSA) is 29.5 Å². The van der Waals surface area contributed by atoms with Crippen molar-refractivity contribution in [3.8, 4) is 0 Å². The van der Waals surface area contributed by atoms with Crippen LogP contribution < -0.4 is 0 Å². The number of benzene rings is 1. The van der Waals surface area contributed by atoms with Gasteiger partial charge in [0.1, 0.15) is 5.83 Å². The lowest BCUT2D eigenvalue weighted by Crippen LogP contribution is -2.11. The Bertz CT molecular complexity index is 984. The minimum atomic E-state index is -0.766. The molecule has 0 bridgehead atoms. The van der Waals surface area contributed by atoms with E-state index in [1.54, 1.807) is 31.2 Å². The van der Waals surface area contributed by atoms with Crippen molar-refractivity contribution in [3.63, 3.8) is 0 Å². The third kappa shape index (κ3) is 7.94. The third-order valence-electron chi connectivity index (χ3n) is 7.35. The van der Waals surface area contributed by atoms with Crippen LogP contribution in [0, 0.1) is 17.6 Å². The number of aryl methyl sites for hydroxylation is 1. The van der Waals surface area contributed by atoms with E-state index in [9.17, 15) is 18.3 Å². The molecule has 0 spiro atoms. The second-order valence-corrected chi connectivity index (χ2v) is 10.1. The molecule has 1 N–H and O–H groups in total. The summed E-state index contributed by atoms with van der Waals surface area (Å²) in [6.07, 6.45) is 15.1. The van der Waals surface area contributed by atoms with E-state index in [0.29, 0.717) is 42.9 Å². The van der Waals surface area contributed by atoms with Gasteiger partial charge >= 0.3 is 0 Å². The van der Waals surface area contributed by atoms with Gasteiger partial charge in [-0.2, -0.15) is 0 Å². The highest BCUT2D eigenvalue weighted by molar-refractivity contribution is 5.37. The Morgan fingerprint density at radius 1 is 1.17 bits per heavy atom. The highest BCUT2D eigenvalue weighted by Gasteiger charge is 2.22. The molecule has 0 saturated carbocycles. The van der Waals surface area contributed by atoms with Crippen molar-refractivity contribution < 1.29 is 23.0 Å². The number of allylic oxidation sites excluding steroid dienone is 5. The summed E-state index contributed by atoms with van der Waals surface area (Å²) in [5.74, 6) is -1.48. The fourth-order valence-electron chi connectivity index (χ4n) is 5.18. The molecule has 2 nitrogen and oxygen atoms in total. The second-order valence-electron chi connectivity index (χ2n) is 10.1. The second kappa shape index (κ2) is 14.0. The maximum absolute atomic E-state index is 14.9. The Kier molecular flexibility index (Phi) is 11.1. The van der Waals surface area contributed by atoms with Gasteiger partial charge in [-0.1, -0.05) is 55.4 Å². The number of aliphatic hydroxyl groups is 1. The SMILES string of the molecule is CCCC(/C=C(/F)CC1=CCC(CCc2ccc(C3C=CC(C(C)O)=CC3)c(F)c2F)CC1)OCC. The summed E-state index contributed by atoms with van der Waals surface area (Å²) in [5.41, 5.74) is 2.69. The van der Waals surface area contributed by atoms with Crippen LogP contribution in [-0.2, 0) is 11.2 Å². The minimum Gasteiger partial charge on any atom is -0.389 e. The Balaban J connectivity index is 1.52. The van der Waals surface area contributed by atoms with Gasteiger partial charge < -0.3 is 9.84 Å². The van der Waals surface area contributed by atoms with Crippen LogP contribution in [0.1, 0.15) is 89.2 Å². The third-order valence-corrected chi connectivity index (χ3v) is 7.35. The number of hydrogen-bond acceptors (Lipinski definition) is 2. The first-order valence-corrected chi connectivity index (χ1v) is 13.5. The van der Waals surface area contributed by atoms with E-state index < -0.39 is 17.7 Å². The first-order valence-electron chi connectivity index (χ1n) is 13.5. The number of halogens is 3. The highest BCUT2D eigenvalue weighted by atomic mass is 19.2. The fourth-order valence-corrected chi connectivity index (χ4v) is 5.18. The van der Waals surface area contributed by atoms with Crippen LogP contribution in [0.5, 0.6) is 0 Å². The molecule has 198 valence electrons. The molecule has 3 rings (SSSR count). The Labute approximate surface area is 214 Å².